The Morgan fingerprint density at radius 3 is 2.34 bits per heavy atom. The number of amides is 1. The SMILES string of the molecule is Cc1ccc(Cl)c2c(=O)n(-c3ccccc3)c(C(C)N(C(=O)O)C(C)(C)C)nc12. The van der Waals surface area contributed by atoms with Crippen molar-refractivity contribution < 1.29 is 9.90 Å². The summed E-state index contributed by atoms with van der Waals surface area (Å²) < 4.78 is 1.46. The Labute approximate surface area is 174 Å². The summed E-state index contributed by atoms with van der Waals surface area (Å²) in [5, 5.41) is 10.5. The lowest BCUT2D eigenvalue weighted by Gasteiger charge is -2.38. The molecule has 0 spiro atoms. The van der Waals surface area contributed by atoms with E-state index in [1.807, 2.05) is 45.9 Å². The van der Waals surface area contributed by atoms with Crippen LogP contribution in [0, 0.1) is 6.92 Å². The van der Waals surface area contributed by atoms with Gasteiger partial charge < -0.3 is 5.11 Å². The fraction of sp³-hybridized carbons (Fsp3) is 0.318. The topological polar surface area (TPSA) is 75.4 Å². The summed E-state index contributed by atoms with van der Waals surface area (Å²) in [5.74, 6) is 0.344. The number of aryl methyl sites for hydroxylation is 1. The van der Waals surface area contributed by atoms with Crippen LogP contribution in [0.3, 0.4) is 0 Å². The third-order valence-electron chi connectivity index (χ3n) is 4.91. The first-order valence-electron chi connectivity index (χ1n) is 9.33. The summed E-state index contributed by atoms with van der Waals surface area (Å²) in [7, 11) is 0. The predicted molar refractivity (Wildman–Crippen MR) is 115 cm³/mol. The van der Waals surface area contributed by atoms with E-state index in [2.05, 4.69) is 0 Å². The van der Waals surface area contributed by atoms with Crippen LogP contribution in [-0.4, -0.2) is 31.2 Å². The second-order valence-electron chi connectivity index (χ2n) is 8.03. The molecule has 29 heavy (non-hydrogen) atoms. The highest BCUT2D eigenvalue weighted by molar-refractivity contribution is 6.35. The molecule has 152 valence electrons. The van der Waals surface area contributed by atoms with Crippen molar-refractivity contribution in [3.05, 3.63) is 69.2 Å². The van der Waals surface area contributed by atoms with Crippen molar-refractivity contribution in [3.8, 4) is 5.69 Å². The van der Waals surface area contributed by atoms with Crippen LogP contribution in [0.15, 0.2) is 47.3 Å². The zero-order valence-corrected chi connectivity index (χ0v) is 17.9. The minimum atomic E-state index is -1.08. The fourth-order valence-electron chi connectivity index (χ4n) is 3.65. The van der Waals surface area contributed by atoms with Crippen molar-refractivity contribution in [2.75, 3.05) is 0 Å². The maximum atomic E-state index is 13.5. The van der Waals surface area contributed by atoms with Crippen LogP contribution in [0.4, 0.5) is 4.79 Å². The van der Waals surface area contributed by atoms with Gasteiger partial charge >= 0.3 is 6.09 Å². The molecule has 0 saturated heterocycles. The van der Waals surface area contributed by atoms with Gasteiger partial charge in [0.05, 0.1) is 27.7 Å². The predicted octanol–water partition coefficient (Wildman–Crippen LogP) is 5.19. The molecule has 2 aromatic carbocycles. The average Bonchev–Trinajstić information content (AvgIpc) is 2.63. The Balaban J connectivity index is 2.43. The van der Waals surface area contributed by atoms with Crippen LogP contribution in [0.5, 0.6) is 0 Å². The van der Waals surface area contributed by atoms with E-state index in [-0.39, 0.29) is 5.56 Å². The van der Waals surface area contributed by atoms with Crippen molar-refractivity contribution in [2.45, 2.75) is 46.2 Å². The second kappa shape index (κ2) is 7.52. The van der Waals surface area contributed by atoms with Gasteiger partial charge in [0, 0.05) is 5.54 Å². The first-order chi connectivity index (χ1) is 13.5. The highest BCUT2D eigenvalue weighted by Crippen LogP contribution is 2.30. The van der Waals surface area contributed by atoms with Gasteiger partial charge in [-0.15, -0.1) is 0 Å². The third-order valence-corrected chi connectivity index (χ3v) is 5.22. The smallest absolute Gasteiger partial charge is 0.408 e. The molecule has 0 aliphatic rings. The number of para-hydroxylation sites is 1. The van der Waals surface area contributed by atoms with Gasteiger partial charge in [0.15, 0.2) is 0 Å². The molecule has 0 aliphatic heterocycles. The number of halogens is 1. The van der Waals surface area contributed by atoms with Crippen LogP contribution in [0.25, 0.3) is 16.6 Å². The third kappa shape index (κ3) is 3.72. The number of hydrogen-bond donors (Lipinski definition) is 1. The van der Waals surface area contributed by atoms with E-state index in [1.165, 1.54) is 9.47 Å². The average molecular weight is 414 g/mol. The number of rotatable bonds is 3. The first-order valence-corrected chi connectivity index (χ1v) is 9.71. The molecule has 0 radical (unpaired) electrons. The lowest BCUT2D eigenvalue weighted by Crippen LogP contribution is -2.47. The molecule has 1 atom stereocenters. The summed E-state index contributed by atoms with van der Waals surface area (Å²) in [6, 6.07) is 11.9. The minimum absolute atomic E-state index is 0.317. The molecule has 0 fully saturated rings. The number of benzene rings is 2. The summed E-state index contributed by atoms with van der Waals surface area (Å²) in [6.45, 7) is 9.03. The lowest BCUT2D eigenvalue weighted by molar-refractivity contribution is 0.0719. The molecule has 1 unspecified atom stereocenters. The highest BCUT2D eigenvalue weighted by Gasteiger charge is 2.34. The maximum absolute atomic E-state index is 13.5. The summed E-state index contributed by atoms with van der Waals surface area (Å²) in [6.07, 6.45) is -1.08. The molecule has 0 saturated carbocycles. The van der Waals surface area contributed by atoms with Crippen LogP contribution in [-0.2, 0) is 0 Å². The molecule has 3 aromatic rings. The van der Waals surface area contributed by atoms with Crippen molar-refractivity contribution in [3.63, 3.8) is 0 Å². The number of nitrogens with zero attached hydrogens (tertiary/aromatic N) is 3. The summed E-state index contributed by atoms with van der Waals surface area (Å²) in [5.41, 5.74) is 0.869. The van der Waals surface area contributed by atoms with E-state index < -0.39 is 17.7 Å². The Morgan fingerprint density at radius 1 is 1.17 bits per heavy atom. The zero-order chi connectivity index (χ0) is 21.5. The lowest BCUT2D eigenvalue weighted by atomic mass is 10.0. The Morgan fingerprint density at radius 2 is 1.79 bits per heavy atom. The molecular formula is C22H24ClN3O3. The van der Waals surface area contributed by atoms with Crippen LogP contribution >= 0.6 is 11.6 Å². The van der Waals surface area contributed by atoms with Crippen LogP contribution < -0.4 is 5.56 Å². The van der Waals surface area contributed by atoms with Gasteiger partial charge in [0.1, 0.15) is 5.82 Å². The van der Waals surface area contributed by atoms with Gasteiger partial charge in [-0.05, 0) is 58.4 Å². The Kier molecular flexibility index (Phi) is 5.41. The van der Waals surface area contributed by atoms with E-state index in [0.717, 1.165) is 5.56 Å². The molecule has 1 aromatic heterocycles. The molecule has 7 heteroatoms. The fourth-order valence-corrected chi connectivity index (χ4v) is 3.89. The Hall–Kier alpha value is -2.86. The Bertz CT molecular complexity index is 1130. The van der Waals surface area contributed by atoms with Gasteiger partial charge in [-0.2, -0.15) is 0 Å². The highest BCUT2D eigenvalue weighted by atomic mass is 35.5. The largest absolute Gasteiger partial charge is 0.465 e. The second-order valence-corrected chi connectivity index (χ2v) is 8.44. The number of carboxylic acid groups (broad SMARTS) is 1. The van der Waals surface area contributed by atoms with E-state index in [4.69, 9.17) is 16.6 Å². The standard InChI is InChI=1S/C22H24ClN3O3/c1-13-11-12-16(23)17-18(13)24-19(14(2)26(21(28)29)22(3,4)5)25(20(17)27)15-9-7-6-8-10-15/h6-12,14H,1-5H3,(H,28,29). The van der Waals surface area contributed by atoms with Gasteiger partial charge in [-0.1, -0.05) is 35.9 Å². The number of fused-ring (bicyclic) bond motifs is 1. The maximum Gasteiger partial charge on any atom is 0.408 e. The van der Waals surface area contributed by atoms with Crippen LogP contribution in [0.2, 0.25) is 5.02 Å². The van der Waals surface area contributed by atoms with E-state index in [9.17, 15) is 14.7 Å². The molecule has 1 heterocycles. The number of carbonyl (C=O) groups is 1. The number of hydrogen-bond acceptors (Lipinski definition) is 3. The van der Waals surface area contributed by atoms with Gasteiger partial charge in [-0.3, -0.25) is 14.3 Å². The molecule has 1 amide bonds. The van der Waals surface area contributed by atoms with Gasteiger partial charge in [0.25, 0.3) is 5.56 Å². The van der Waals surface area contributed by atoms with Crippen molar-refractivity contribution >= 4 is 28.6 Å². The quantitative estimate of drug-likeness (QED) is 0.641. The molecule has 0 bridgehead atoms. The molecule has 3 rings (SSSR count). The first kappa shape index (κ1) is 20.9. The van der Waals surface area contributed by atoms with Gasteiger partial charge in [0.2, 0.25) is 0 Å². The van der Waals surface area contributed by atoms with Crippen LogP contribution in [0.1, 0.15) is 45.1 Å². The van der Waals surface area contributed by atoms with Crippen molar-refractivity contribution in [2.24, 2.45) is 0 Å². The minimum Gasteiger partial charge on any atom is -0.465 e. The molecular weight excluding hydrogens is 390 g/mol. The normalized spacial score (nSPS) is 12.8. The van der Waals surface area contributed by atoms with E-state index in [0.29, 0.717) is 27.4 Å². The monoisotopic (exact) mass is 413 g/mol. The summed E-state index contributed by atoms with van der Waals surface area (Å²) >= 11 is 6.35. The molecule has 1 N–H and O–H groups in total. The van der Waals surface area contributed by atoms with Gasteiger partial charge in [-0.25, -0.2) is 9.78 Å². The molecule has 6 nitrogen and oxygen atoms in total. The zero-order valence-electron chi connectivity index (χ0n) is 17.1. The van der Waals surface area contributed by atoms with Crippen molar-refractivity contribution in [1.82, 2.24) is 14.5 Å². The van der Waals surface area contributed by atoms with E-state index in [1.54, 1.807) is 31.2 Å². The van der Waals surface area contributed by atoms with E-state index >= 15 is 0 Å². The summed E-state index contributed by atoms with van der Waals surface area (Å²) in [4.78, 5) is 31.7. The molecule has 0 aliphatic carbocycles. The number of aromatic nitrogens is 2. The van der Waals surface area contributed by atoms with Crippen molar-refractivity contribution in [1.29, 1.82) is 0 Å².